The van der Waals surface area contributed by atoms with Crippen LogP contribution in [0.1, 0.15) is 46.5 Å². The molecular formula is C13H28F6N+. The Labute approximate surface area is 118 Å². The van der Waals surface area contributed by atoms with Gasteiger partial charge in [0.25, 0.3) is 0 Å². The van der Waals surface area contributed by atoms with E-state index in [0.717, 1.165) is 0 Å². The maximum atomic E-state index is 9.67. The molecule has 0 bridgehead atoms. The normalized spacial score (nSPS) is 13.2. The van der Waals surface area contributed by atoms with Gasteiger partial charge in [0.1, 0.15) is 0 Å². The molecule has 0 rings (SSSR count). The number of alkyl halides is 6. The summed E-state index contributed by atoms with van der Waals surface area (Å²) in [5.74, 6) is 0. The first-order chi connectivity index (χ1) is 9.15. The fourth-order valence-corrected chi connectivity index (χ4v) is 1.71. The SMILES string of the molecule is CCCCC[N+](C)(CC)CCC.FC(F)F.FC(F)F. The summed E-state index contributed by atoms with van der Waals surface area (Å²) in [4.78, 5) is 0. The lowest BCUT2D eigenvalue weighted by atomic mass is 10.2. The first kappa shape index (κ1) is 24.6. The van der Waals surface area contributed by atoms with Crippen LogP contribution in [0.25, 0.3) is 0 Å². The largest absolute Gasteiger partial charge is 0.379 e. The summed E-state index contributed by atoms with van der Waals surface area (Å²) in [6, 6.07) is 0. The first-order valence-electron chi connectivity index (χ1n) is 6.83. The zero-order valence-corrected chi connectivity index (χ0v) is 12.8. The van der Waals surface area contributed by atoms with Gasteiger partial charge in [0.2, 0.25) is 0 Å². The predicted octanol–water partition coefficient (Wildman–Crippen LogP) is 5.41. The Kier molecular flexibility index (Phi) is 20.4. The highest BCUT2D eigenvalue weighted by molar-refractivity contribution is 4.40. The third-order valence-corrected chi connectivity index (χ3v) is 2.83. The lowest BCUT2D eigenvalue weighted by Gasteiger charge is -2.33. The molecule has 0 saturated carbocycles. The van der Waals surface area contributed by atoms with Gasteiger partial charge >= 0.3 is 13.4 Å². The van der Waals surface area contributed by atoms with Crippen molar-refractivity contribution < 1.29 is 30.8 Å². The summed E-state index contributed by atoms with van der Waals surface area (Å²) >= 11 is 0. The fraction of sp³-hybridized carbons (Fsp3) is 1.00. The Morgan fingerprint density at radius 3 is 1.35 bits per heavy atom. The maximum Gasteiger partial charge on any atom is 0.379 e. The molecular weight excluding hydrogens is 284 g/mol. The van der Waals surface area contributed by atoms with Crippen molar-refractivity contribution in [1.82, 2.24) is 0 Å². The second-order valence-corrected chi connectivity index (χ2v) is 4.58. The van der Waals surface area contributed by atoms with E-state index in [0.29, 0.717) is 0 Å². The third-order valence-electron chi connectivity index (χ3n) is 2.83. The predicted molar refractivity (Wildman–Crippen MR) is 70.5 cm³/mol. The summed E-state index contributed by atoms with van der Waals surface area (Å²) in [6.45, 7) is 3.54. The molecule has 7 heteroatoms. The molecule has 0 amide bonds. The minimum atomic E-state index is -3.67. The van der Waals surface area contributed by atoms with Gasteiger partial charge in [-0.25, -0.2) is 0 Å². The van der Waals surface area contributed by atoms with Crippen molar-refractivity contribution in [2.45, 2.75) is 59.8 Å². The molecule has 0 aromatic carbocycles. The molecule has 1 nitrogen and oxygen atoms in total. The van der Waals surface area contributed by atoms with Crippen LogP contribution in [0.5, 0.6) is 0 Å². The molecule has 20 heavy (non-hydrogen) atoms. The molecule has 0 N–H and O–H groups in total. The molecule has 1 atom stereocenters. The summed E-state index contributed by atoms with van der Waals surface area (Å²) < 4.78 is 59.3. The van der Waals surface area contributed by atoms with Gasteiger partial charge in [0, 0.05) is 0 Å². The second kappa shape index (κ2) is 16.6. The van der Waals surface area contributed by atoms with E-state index in [1.54, 1.807) is 0 Å². The van der Waals surface area contributed by atoms with E-state index in [2.05, 4.69) is 27.8 Å². The number of unbranched alkanes of at least 4 members (excludes halogenated alkanes) is 2. The molecule has 0 aliphatic rings. The van der Waals surface area contributed by atoms with Crippen LogP contribution in [0.4, 0.5) is 26.3 Å². The van der Waals surface area contributed by atoms with Crippen molar-refractivity contribution in [3.05, 3.63) is 0 Å². The standard InChI is InChI=1S/C11H26N.2CHF3/c1-5-8-9-11-12(4,7-3)10-6-2;2*2-1(3)4/h5-11H2,1-4H3;2*1H/q+1;;. The van der Waals surface area contributed by atoms with Crippen LogP contribution < -0.4 is 0 Å². The van der Waals surface area contributed by atoms with Crippen molar-refractivity contribution in [3.8, 4) is 0 Å². The maximum absolute atomic E-state index is 9.67. The number of hydrogen-bond donors (Lipinski definition) is 0. The van der Waals surface area contributed by atoms with Crippen LogP contribution in [-0.4, -0.2) is 44.5 Å². The van der Waals surface area contributed by atoms with Gasteiger partial charge < -0.3 is 4.48 Å². The van der Waals surface area contributed by atoms with Gasteiger partial charge in [0.15, 0.2) is 0 Å². The van der Waals surface area contributed by atoms with Crippen molar-refractivity contribution in [2.24, 2.45) is 0 Å². The van der Waals surface area contributed by atoms with Gasteiger partial charge in [-0.05, 0) is 26.2 Å². The lowest BCUT2D eigenvalue weighted by Crippen LogP contribution is -2.45. The first-order valence-corrected chi connectivity index (χ1v) is 6.83. The highest BCUT2D eigenvalue weighted by Crippen LogP contribution is 2.07. The molecule has 0 radical (unpaired) electrons. The summed E-state index contributed by atoms with van der Waals surface area (Å²) in [7, 11) is 2.39. The Balaban J connectivity index is -0.000000297. The van der Waals surface area contributed by atoms with Crippen LogP contribution in [0.2, 0.25) is 0 Å². The van der Waals surface area contributed by atoms with Gasteiger partial charge in [0.05, 0.1) is 26.7 Å². The molecule has 0 aromatic rings. The Hall–Kier alpha value is -0.460. The zero-order valence-electron chi connectivity index (χ0n) is 12.8. The summed E-state index contributed by atoms with van der Waals surface area (Å²) in [5, 5.41) is 0. The minimum absolute atomic E-state index is 1.27. The van der Waals surface area contributed by atoms with Gasteiger partial charge in [-0.1, -0.05) is 20.3 Å². The summed E-state index contributed by atoms with van der Waals surface area (Å²) in [5.41, 5.74) is 0. The van der Waals surface area contributed by atoms with Gasteiger partial charge in [-0.2, -0.15) is 26.3 Å². The minimum Gasteiger partial charge on any atom is -0.326 e. The smallest absolute Gasteiger partial charge is 0.326 e. The molecule has 0 aliphatic carbocycles. The lowest BCUT2D eigenvalue weighted by molar-refractivity contribution is -0.908. The molecule has 0 spiro atoms. The molecule has 126 valence electrons. The molecule has 0 aliphatic heterocycles. The van der Waals surface area contributed by atoms with Crippen molar-refractivity contribution >= 4 is 0 Å². The monoisotopic (exact) mass is 312 g/mol. The highest BCUT2D eigenvalue weighted by atomic mass is 19.4. The van der Waals surface area contributed by atoms with Crippen LogP contribution in [0.15, 0.2) is 0 Å². The Morgan fingerprint density at radius 1 is 0.700 bits per heavy atom. The van der Waals surface area contributed by atoms with E-state index < -0.39 is 13.4 Å². The number of nitrogens with zero attached hydrogens (tertiary/aromatic N) is 1. The van der Waals surface area contributed by atoms with Crippen LogP contribution in [-0.2, 0) is 0 Å². The van der Waals surface area contributed by atoms with Gasteiger partial charge in [-0.15, -0.1) is 0 Å². The van der Waals surface area contributed by atoms with Crippen molar-refractivity contribution in [2.75, 3.05) is 26.7 Å². The van der Waals surface area contributed by atoms with E-state index >= 15 is 0 Å². The highest BCUT2D eigenvalue weighted by Gasteiger charge is 2.16. The average Bonchev–Trinajstić information content (AvgIpc) is 2.28. The quantitative estimate of drug-likeness (QED) is 0.335. The Morgan fingerprint density at radius 2 is 1.10 bits per heavy atom. The van der Waals surface area contributed by atoms with Gasteiger partial charge in [-0.3, -0.25) is 0 Å². The number of hydrogen-bond acceptors (Lipinski definition) is 0. The van der Waals surface area contributed by atoms with Crippen LogP contribution in [0, 0.1) is 0 Å². The van der Waals surface area contributed by atoms with Crippen LogP contribution in [0.3, 0.4) is 0 Å². The topological polar surface area (TPSA) is 0 Å². The fourth-order valence-electron chi connectivity index (χ4n) is 1.71. The number of halogens is 6. The van der Waals surface area contributed by atoms with Crippen molar-refractivity contribution in [3.63, 3.8) is 0 Å². The van der Waals surface area contributed by atoms with Crippen LogP contribution >= 0.6 is 0 Å². The molecule has 0 saturated heterocycles. The Bertz CT molecular complexity index is 169. The third kappa shape index (κ3) is 30.5. The molecule has 0 fully saturated rings. The number of quaternary nitrogens is 1. The number of rotatable bonds is 7. The van der Waals surface area contributed by atoms with E-state index in [4.69, 9.17) is 0 Å². The van der Waals surface area contributed by atoms with Crippen molar-refractivity contribution in [1.29, 1.82) is 0 Å². The molecule has 0 aromatic heterocycles. The average molecular weight is 312 g/mol. The zero-order chi connectivity index (χ0) is 16.6. The van der Waals surface area contributed by atoms with E-state index in [9.17, 15) is 26.3 Å². The van der Waals surface area contributed by atoms with E-state index in [-0.39, 0.29) is 0 Å². The second-order valence-electron chi connectivity index (χ2n) is 4.58. The van der Waals surface area contributed by atoms with E-state index in [1.165, 1.54) is 49.8 Å². The van der Waals surface area contributed by atoms with E-state index in [1.807, 2.05) is 0 Å². The molecule has 1 unspecified atom stereocenters. The molecule has 0 heterocycles. The summed E-state index contributed by atoms with van der Waals surface area (Å²) in [6.07, 6.45) is 5.46.